The third-order valence-electron chi connectivity index (χ3n) is 10.3. The summed E-state index contributed by atoms with van der Waals surface area (Å²) in [6.45, 7) is 0. The lowest BCUT2D eigenvalue weighted by Gasteiger charge is -2.26. The molecule has 9 aromatic rings. The van der Waals surface area contributed by atoms with E-state index in [4.69, 9.17) is 0 Å². The Labute approximate surface area is 331 Å². The molecule has 0 bridgehead atoms. The van der Waals surface area contributed by atoms with Crippen molar-refractivity contribution >= 4 is 50.5 Å². The van der Waals surface area contributed by atoms with Crippen molar-refractivity contribution in [1.29, 1.82) is 0 Å². The van der Waals surface area contributed by atoms with Gasteiger partial charge in [0.15, 0.2) is 0 Å². The zero-order chi connectivity index (χ0) is 38.6. The number of rotatable bonds is 8. The fourth-order valence-electron chi connectivity index (χ4n) is 7.83. The number of hydrogen-bond acceptors (Lipinski definition) is 2. The van der Waals surface area contributed by atoms with Crippen LogP contribution < -0.4 is 16.0 Å². The average Bonchev–Trinajstić information content (AvgIpc) is 3.27. The standard InChI is InChI=1S/C52H37N3O2/c56-51(54-45-34-18-24-35-19-10-11-27-39(35)45)43-31-15-14-30-42(43)50-47(36-20-4-1-5-21-36)40-28-12-13-29-41(40)49(48(50)37-22-6-2-7-23-37)44-32-16-17-33-46(44)55-52(57)53-38-25-8-3-9-26-38/h1-34H,(H,54,56)(H2,53,55,57). The van der Waals surface area contributed by atoms with E-state index in [1.165, 1.54) is 0 Å². The molecule has 9 rings (SSSR count). The summed E-state index contributed by atoms with van der Waals surface area (Å²) in [6.07, 6.45) is 0. The minimum Gasteiger partial charge on any atom is -0.321 e. The van der Waals surface area contributed by atoms with E-state index in [2.05, 4.69) is 70.5 Å². The zero-order valence-electron chi connectivity index (χ0n) is 30.9. The molecule has 0 radical (unpaired) electrons. The second-order valence-corrected chi connectivity index (χ2v) is 13.8. The molecule has 0 aliphatic heterocycles. The molecular weight excluding hydrogens is 699 g/mol. The zero-order valence-corrected chi connectivity index (χ0v) is 30.9. The van der Waals surface area contributed by atoms with Crippen LogP contribution in [0.15, 0.2) is 206 Å². The number of amides is 3. The third kappa shape index (κ3) is 6.90. The highest BCUT2D eigenvalue weighted by Gasteiger charge is 2.27. The molecule has 272 valence electrons. The summed E-state index contributed by atoms with van der Waals surface area (Å²) in [4.78, 5) is 28.3. The molecule has 0 aliphatic rings. The number of anilines is 3. The summed E-state index contributed by atoms with van der Waals surface area (Å²) in [6, 6.07) is 67.9. The monoisotopic (exact) mass is 735 g/mol. The Balaban J connectivity index is 1.33. The molecule has 0 saturated carbocycles. The van der Waals surface area contributed by atoms with Gasteiger partial charge in [-0.1, -0.05) is 176 Å². The third-order valence-corrected chi connectivity index (χ3v) is 10.3. The number of carbonyl (C=O) groups is 2. The highest BCUT2D eigenvalue weighted by atomic mass is 16.2. The maximum atomic E-state index is 14.7. The molecule has 0 fully saturated rings. The van der Waals surface area contributed by atoms with Gasteiger partial charge in [-0.25, -0.2) is 4.79 Å². The fraction of sp³-hybridized carbons (Fsp3) is 0. The minimum absolute atomic E-state index is 0.214. The number of para-hydroxylation sites is 2. The second kappa shape index (κ2) is 15.5. The lowest BCUT2D eigenvalue weighted by Crippen LogP contribution is -2.19. The molecule has 0 heterocycles. The first-order chi connectivity index (χ1) is 28.1. The van der Waals surface area contributed by atoms with Gasteiger partial charge in [0, 0.05) is 33.5 Å². The first-order valence-corrected chi connectivity index (χ1v) is 18.9. The van der Waals surface area contributed by atoms with E-state index in [0.29, 0.717) is 16.9 Å². The molecule has 0 aromatic heterocycles. The Hall–Kier alpha value is -7.76. The molecule has 3 N–H and O–H groups in total. The van der Waals surface area contributed by atoms with Crippen LogP contribution in [-0.2, 0) is 0 Å². The fourth-order valence-corrected chi connectivity index (χ4v) is 7.83. The number of fused-ring (bicyclic) bond motifs is 2. The van der Waals surface area contributed by atoms with Gasteiger partial charge in [0.2, 0.25) is 0 Å². The molecule has 5 heteroatoms. The van der Waals surface area contributed by atoms with Crippen LogP contribution >= 0.6 is 0 Å². The largest absolute Gasteiger partial charge is 0.323 e. The Kier molecular flexibility index (Phi) is 9.53. The van der Waals surface area contributed by atoms with Crippen molar-refractivity contribution in [2.75, 3.05) is 16.0 Å². The lowest BCUT2D eigenvalue weighted by atomic mass is 9.77. The predicted molar refractivity (Wildman–Crippen MR) is 237 cm³/mol. The SMILES string of the molecule is O=C(Nc1ccccc1)Nc1ccccc1-c1c(-c2ccccc2)c(-c2ccccc2C(=O)Nc2cccc3ccccc23)c(-c2ccccc2)c2ccccc12. The molecule has 0 spiro atoms. The van der Waals surface area contributed by atoms with Gasteiger partial charge in [-0.05, 0) is 79.9 Å². The number of benzene rings is 9. The Morgan fingerprint density at radius 1 is 0.333 bits per heavy atom. The van der Waals surface area contributed by atoms with E-state index in [-0.39, 0.29) is 11.9 Å². The van der Waals surface area contributed by atoms with Crippen molar-refractivity contribution in [1.82, 2.24) is 0 Å². The van der Waals surface area contributed by atoms with Crippen molar-refractivity contribution < 1.29 is 9.59 Å². The number of carbonyl (C=O) groups excluding carboxylic acids is 2. The van der Waals surface area contributed by atoms with Gasteiger partial charge in [0.05, 0.1) is 5.69 Å². The van der Waals surface area contributed by atoms with Crippen LogP contribution in [0.2, 0.25) is 0 Å². The van der Waals surface area contributed by atoms with Gasteiger partial charge < -0.3 is 16.0 Å². The summed E-state index contributed by atoms with van der Waals surface area (Å²) >= 11 is 0. The first-order valence-electron chi connectivity index (χ1n) is 18.9. The first kappa shape index (κ1) is 35.0. The molecule has 0 aliphatic carbocycles. The van der Waals surface area contributed by atoms with Crippen LogP contribution in [-0.4, -0.2) is 11.9 Å². The molecule has 57 heavy (non-hydrogen) atoms. The highest BCUT2D eigenvalue weighted by molar-refractivity contribution is 6.22. The van der Waals surface area contributed by atoms with Crippen LogP contribution in [0.1, 0.15) is 10.4 Å². The topological polar surface area (TPSA) is 70.2 Å². The van der Waals surface area contributed by atoms with Crippen molar-refractivity contribution in [3.63, 3.8) is 0 Å². The van der Waals surface area contributed by atoms with E-state index < -0.39 is 0 Å². The maximum Gasteiger partial charge on any atom is 0.323 e. The predicted octanol–water partition coefficient (Wildman–Crippen LogP) is 13.6. The summed E-state index contributed by atoms with van der Waals surface area (Å²) in [5.41, 5.74) is 10.0. The van der Waals surface area contributed by atoms with Gasteiger partial charge in [0.25, 0.3) is 5.91 Å². The summed E-state index contributed by atoms with van der Waals surface area (Å²) in [5, 5.41) is 13.4. The minimum atomic E-state index is -0.351. The molecule has 0 unspecified atom stereocenters. The van der Waals surface area contributed by atoms with Gasteiger partial charge in [-0.2, -0.15) is 0 Å². The molecule has 5 nitrogen and oxygen atoms in total. The maximum absolute atomic E-state index is 14.7. The van der Waals surface area contributed by atoms with Crippen molar-refractivity contribution in [3.8, 4) is 44.5 Å². The van der Waals surface area contributed by atoms with Crippen molar-refractivity contribution in [2.24, 2.45) is 0 Å². The van der Waals surface area contributed by atoms with Crippen LogP contribution in [0.5, 0.6) is 0 Å². The van der Waals surface area contributed by atoms with Crippen LogP contribution in [0.3, 0.4) is 0 Å². The normalized spacial score (nSPS) is 10.9. The summed E-state index contributed by atoms with van der Waals surface area (Å²) < 4.78 is 0. The van der Waals surface area contributed by atoms with E-state index in [1.54, 1.807) is 0 Å². The Morgan fingerprint density at radius 2 is 0.842 bits per heavy atom. The van der Waals surface area contributed by atoms with Gasteiger partial charge in [-0.15, -0.1) is 0 Å². The molecule has 9 aromatic carbocycles. The molecule has 0 atom stereocenters. The van der Waals surface area contributed by atoms with Gasteiger partial charge in [-0.3, -0.25) is 4.79 Å². The Bertz CT molecular complexity index is 2900. The van der Waals surface area contributed by atoms with Crippen molar-refractivity contribution in [3.05, 3.63) is 212 Å². The van der Waals surface area contributed by atoms with E-state index in [0.717, 1.165) is 71.7 Å². The smallest absolute Gasteiger partial charge is 0.321 e. The van der Waals surface area contributed by atoms with E-state index in [9.17, 15) is 9.59 Å². The van der Waals surface area contributed by atoms with E-state index in [1.807, 2.05) is 152 Å². The number of urea groups is 1. The molecule has 0 saturated heterocycles. The molecular formula is C52H37N3O2. The summed E-state index contributed by atoms with van der Waals surface area (Å²) in [5.74, 6) is -0.214. The molecule has 3 amide bonds. The van der Waals surface area contributed by atoms with Gasteiger partial charge in [0.1, 0.15) is 0 Å². The van der Waals surface area contributed by atoms with E-state index >= 15 is 0 Å². The van der Waals surface area contributed by atoms with Crippen molar-refractivity contribution in [2.45, 2.75) is 0 Å². The lowest BCUT2D eigenvalue weighted by molar-refractivity contribution is 0.102. The second-order valence-electron chi connectivity index (χ2n) is 13.8. The van der Waals surface area contributed by atoms with Crippen LogP contribution in [0, 0.1) is 0 Å². The summed E-state index contributed by atoms with van der Waals surface area (Å²) in [7, 11) is 0. The average molecular weight is 736 g/mol. The quantitative estimate of drug-likeness (QED) is 0.145. The van der Waals surface area contributed by atoms with Gasteiger partial charge >= 0.3 is 6.03 Å². The highest BCUT2D eigenvalue weighted by Crippen LogP contribution is 2.52. The Morgan fingerprint density at radius 3 is 1.56 bits per heavy atom. The number of hydrogen-bond donors (Lipinski definition) is 3. The van der Waals surface area contributed by atoms with Crippen LogP contribution in [0.25, 0.3) is 66.1 Å². The number of nitrogens with one attached hydrogen (secondary N) is 3. The van der Waals surface area contributed by atoms with Crippen LogP contribution in [0.4, 0.5) is 21.9 Å².